The van der Waals surface area contributed by atoms with Crippen LogP contribution in [0.25, 0.3) is 0 Å². The van der Waals surface area contributed by atoms with E-state index < -0.39 is 0 Å². The maximum absolute atomic E-state index is 11.9. The smallest absolute Gasteiger partial charge is 0.310 e. The zero-order chi connectivity index (χ0) is 15.9. The van der Waals surface area contributed by atoms with Gasteiger partial charge in [-0.05, 0) is 51.1 Å². The van der Waals surface area contributed by atoms with Gasteiger partial charge in [0, 0.05) is 24.3 Å². The molecule has 0 amide bonds. The molecule has 1 aromatic carbocycles. The van der Waals surface area contributed by atoms with Gasteiger partial charge in [-0.25, -0.2) is 0 Å². The lowest BCUT2D eigenvalue weighted by atomic mass is 9.97. The van der Waals surface area contributed by atoms with Crippen LogP contribution >= 0.6 is 0 Å². The van der Waals surface area contributed by atoms with Gasteiger partial charge in [0.05, 0.1) is 19.1 Å². The normalized spacial score (nSPS) is 18.1. The Morgan fingerprint density at radius 1 is 1.32 bits per heavy atom. The van der Waals surface area contributed by atoms with E-state index in [2.05, 4.69) is 10.2 Å². The number of anilines is 1. The Balaban J connectivity index is 2.01. The molecule has 1 heterocycles. The number of piperidine rings is 1. The summed E-state index contributed by atoms with van der Waals surface area (Å²) in [5.41, 5.74) is 1.76. The van der Waals surface area contributed by atoms with Crippen LogP contribution in [-0.2, 0) is 9.53 Å². The first-order chi connectivity index (χ1) is 10.7. The second-order valence-electron chi connectivity index (χ2n) is 5.54. The van der Waals surface area contributed by atoms with Crippen molar-refractivity contribution in [3.8, 4) is 0 Å². The van der Waals surface area contributed by atoms with Gasteiger partial charge in [-0.1, -0.05) is 0 Å². The monoisotopic (exact) mass is 304 g/mol. The van der Waals surface area contributed by atoms with Crippen molar-refractivity contribution in [2.45, 2.75) is 19.8 Å². The summed E-state index contributed by atoms with van der Waals surface area (Å²) in [4.78, 5) is 25.9. The first-order valence-corrected chi connectivity index (χ1v) is 7.85. The summed E-state index contributed by atoms with van der Waals surface area (Å²) in [5, 5.41) is 2.86. The minimum atomic E-state index is -0.104. The van der Waals surface area contributed by atoms with Crippen LogP contribution < -0.4 is 10.2 Å². The third kappa shape index (κ3) is 4.07. The Bertz CT molecular complexity index is 513. The van der Waals surface area contributed by atoms with Crippen molar-refractivity contribution in [2.24, 2.45) is 5.92 Å². The molecule has 5 heteroatoms. The van der Waals surface area contributed by atoms with Crippen molar-refractivity contribution in [1.82, 2.24) is 5.32 Å². The molecule has 0 saturated carbocycles. The maximum atomic E-state index is 11.9. The fraction of sp³-hybridized carbons (Fsp3) is 0.529. The van der Waals surface area contributed by atoms with Gasteiger partial charge in [0.1, 0.15) is 0 Å². The summed E-state index contributed by atoms with van der Waals surface area (Å²) in [6.45, 7) is 4.22. The molecule has 0 radical (unpaired) electrons. The van der Waals surface area contributed by atoms with E-state index in [0.717, 1.165) is 25.1 Å². The SMILES string of the molecule is CCOC(=O)C1CCCN(c2ccc(C(=O)CNC)cc2)C1. The van der Waals surface area contributed by atoms with Crippen LogP contribution in [0.2, 0.25) is 0 Å². The average Bonchev–Trinajstić information content (AvgIpc) is 2.55. The third-order valence-electron chi connectivity index (χ3n) is 3.93. The molecule has 1 atom stereocenters. The Morgan fingerprint density at radius 3 is 2.68 bits per heavy atom. The highest BCUT2D eigenvalue weighted by molar-refractivity contribution is 5.97. The number of ketones is 1. The molecule has 120 valence electrons. The molecule has 1 unspecified atom stereocenters. The number of benzene rings is 1. The summed E-state index contributed by atoms with van der Waals surface area (Å²) < 4.78 is 5.13. The Hall–Kier alpha value is -1.88. The van der Waals surface area contributed by atoms with E-state index in [1.54, 1.807) is 7.05 Å². The van der Waals surface area contributed by atoms with E-state index in [4.69, 9.17) is 4.74 Å². The third-order valence-corrected chi connectivity index (χ3v) is 3.93. The second-order valence-corrected chi connectivity index (χ2v) is 5.54. The van der Waals surface area contributed by atoms with Crippen molar-refractivity contribution >= 4 is 17.4 Å². The number of carbonyl (C=O) groups is 2. The molecule has 2 rings (SSSR count). The molecule has 1 aliphatic rings. The highest BCUT2D eigenvalue weighted by atomic mass is 16.5. The zero-order valence-corrected chi connectivity index (χ0v) is 13.3. The molecule has 0 aromatic heterocycles. The molecule has 22 heavy (non-hydrogen) atoms. The lowest BCUT2D eigenvalue weighted by Crippen LogP contribution is -2.39. The van der Waals surface area contributed by atoms with Gasteiger partial charge in [-0.3, -0.25) is 9.59 Å². The predicted octanol–water partition coefficient (Wildman–Crippen LogP) is 1.87. The number of carbonyl (C=O) groups excluding carboxylic acids is 2. The number of nitrogens with zero attached hydrogens (tertiary/aromatic N) is 1. The second kappa shape index (κ2) is 7.94. The first-order valence-electron chi connectivity index (χ1n) is 7.85. The molecule has 0 spiro atoms. The van der Waals surface area contributed by atoms with E-state index in [1.807, 2.05) is 31.2 Å². The average molecular weight is 304 g/mol. The molecular weight excluding hydrogens is 280 g/mol. The number of hydrogen-bond donors (Lipinski definition) is 1. The number of hydrogen-bond acceptors (Lipinski definition) is 5. The van der Waals surface area contributed by atoms with Crippen LogP contribution in [0.4, 0.5) is 5.69 Å². The van der Waals surface area contributed by atoms with E-state index in [-0.39, 0.29) is 17.7 Å². The fourth-order valence-corrected chi connectivity index (χ4v) is 2.78. The van der Waals surface area contributed by atoms with Gasteiger partial charge in [0.25, 0.3) is 0 Å². The van der Waals surface area contributed by atoms with Gasteiger partial charge in [0.2, 0.25) is 0 Å². The number of likely N-dealkylation sites (N-methyl/N-ethyl adjacent to an activating group) is 1. The van der Waals surface area contributed by atoms with Crippen LogP contribution in [0.5, 0.6) is 0 Å². The largest absolute Gasteiger partial charge is 0.466 e. The maximum Gasteiger partial charge on any atom is 0.310 e. The van der Waals surface area contributed by atoms with Gasteiger partial charge in [0.15, 0.2) is 5.78 Å². The van der Waals surface area contributed by atoms with Crippen LogP contribution in [0.1, 0.15) is 30.1 Å². The Kier molecular flexibility index (Phi) is 5.95. The molecule has 1 N–H and O–H groups in total. The van der Waals surface area contributed by atoms with E-state index >= 15 is 0 Å². The van der Waals surface area contributed by atoms with E-state index in [1.165, 1.54) is 0 Å². The van der Waals surface area contributed by atoms with Crippen molar-refractivity contribution < 1.29 is 14.3 Å². The quantitative estimate of drug-likeness (QED) is 0.642. The van der Waals surface area contributed by atoms with Crippen LogP contribution in [0.3, 0.4) is 0 Å². The molecule has 0 bridgehead atoms. The topological polar surface area (TPSA) is 58.6 Å². The van der Waals surface area contributed by atoms with E-state index in [9.17, 15) is 9.59 Å². The van der Waals surface area contributed by atoms with Crippen LogP contribution in [0.15, 0.2) is 24.3 Å². The summed E-state index contributed by atoms with van der Waals surface area (Å²) in [7, 11) is 1.76. The minimum Gasteiger partial charge on any atom is -0.466 e. The number of ether oxygens (including phenoxy) is 1. The number of nitrogens with one attached hydrogen (secondary N) is 1. The highest BCUT2D eigenvalue weighted by Gasteiger charge is 2.26. The summed E-state index contributed by atoms with van der Waals surface area (Å²) in [6.07, 6.45) is 1.86. The van der Waals surface area contributed by atoms with Crippen molar-refractivity contribution in [3.05, 3.63) is 29.8 Å². The minimum absolute atomic E-state index is 0.0562. The highest BCUT2D eigenvalue weighted by Crippen LogP contribution is 2.24. The van der Waals surface area contributed by atoms with Crippen molar-refractivity contribution in [1.29, 1.82) is 0 Å². The summed E-state index contributed by atoms with van der Waals surface area (Å²) in [6, 6.07) is 7.61. The number of esters is 1. The zero-order valence-electron chi connectivity index (χ0n) is 13.3. The Morgan fingerprint density at radius 2 is 2.05 bits per heavy atom. The number of rotatable bonds is 6. The lowest BCUT2D eigenvalue weighted by molar-refractivity contribution is -0.148. The van der Waals surface area contributed by atoms with Crippen molar-refractivity contribution in [2.75, 3.05) is 38.2 Å². The summed E-state index contributed by atoms with van der Waals surface area (Å²) >= 11 is 0. The molecule has 1 aromatic rings. The van der Waals surface area contributed by atoms with Gasteiger partial charge < -0.3 is 15.0 Å². The van der Waals surface area contributed by atoms with Crippen LogP contribution in [-0.4, -0.2) is 45.0 Å². The van der Waals surface area contributed by atoms with E-state index in [0.29, 0.717) is 25.3 Å². The van der Waals surface area contributed by atoms with Gasteiger partial charge >= 0.3 is 5.97 Å². The predicted molar refractivity (Wildman–Crippen MR) is 86.3 cm³/mol. The van der Waals surface area contributed by atoms with Gasteiger partial charge in [-0.2, -0.15) is 0 Å². The number of Topliss-reactive ketones (excluding diaryl/α,β-unsaturated/α-hetero) is 1. The fourth-order valence-electron chi connectivity index (χ4n) is 2.78. The summed E-state index contributed by atoms with van der Waals surface area (Å²) in [5.74, 6) is -0.0792. The molecule has 1 aliphatic heterocycles. The van der Waals surface area contributed by atoms with Crippen molar-refractivity contribution in [3.63, 3.8) is 0 Å². The molecular formula is C17H24N2O3. The van der Waals surface area contributed by atoms with Crippen LogP contribution in [0, 0.1) is 5.92 Å². The van der Waals surface area contributed by atoms with Gasteiger partial charge in [-0.15, -0.1) is 0 Å². The standard InChI is InChI=1S/C17H24N2O3/c1-3-22-17(21)14-5-4-10-19(12-14)15-8-6-13(7-9-15)16(20)11-18-2/h6-9,14,18H,3-5,10-12H2,1-2H3. The molecule has 0 aliphatic carbocycles. The molecule has 1 fully saturated rings. The Labute approximate surface area is 131 Å². The molecule has 5 nitrogen and oxygen atoms in total. The lowest BCUT2D eigenvalue weighted by Gasteiger charge is -2.33. The molecule has 1 saturated heterocycles. The first kappa shape index (κ1) is 16.5.